The maximum absolute atomic E-state index is 12.0. The summed E-state index contributed by atoms with van der Waals surface area (Å²) in [6.45, 7) is 3.55. The maximum Gasteiger partial charge on any atom is 0.327 e. The molecule has 1 aromatic rings. The minimum absolute atomic E-state index is 0.223. The van der Waals surface area contributed by atoms with Crippen LogP contribution in [0.1, 0.15) is 11.1 Å². The lowest BCUT2D eigenvalue weighted by atomic mass is 10.1. The van der Waals surface area contributed by atoms with Gasteiger partial charge in [-0.15, -0.1) is 0 Å². The van der Waals surface area contributed by atoms with Crippen LogP contribution in [0.15, 0.2) is 17.0 Å². The first-order valence-electron chi connectivity index (χ1n) is 5.14. The molecule has 1 unspecified atom stereocenters. The first-order chi connectivity index (χ1) is 7.81. The summed E-state index contributed by atoms with van der Waals surface area (Å²) >= 11 is 0. The Morgan fingerprint density at radius 3 is 2.65 bits per heavy atom. The Balaban J connectivity index is 2.65. The quantitative estimate of drug-likeness (QED) is 0.780. The highest BCUT2D eigenvalue weighted by Crippen LogP contribution is 2.32. The van der Waals surface area contributed by atoms with Gasteiger partial charge < -0.3 is 10.4 Å². The third-order valence-electron chi connectivity index (χ3n) is 2.74. The number of benzene rings is 1. The third kappa shape index (κ3) is 2.00. The Morgan fingerprint density at radius 1 is 1.41 bits per heavy atom. The zero-order valence-electron chi connectivity index (χ0n) is 9.52. The van der Waals surface area contributed by atoms with Gasteiger partial charge in [-0.05, 0) is 31.0 Å². The maximum atomic E-state index is 12.0. The fourth-order valence-electron chi connectivity index (χ4n) is 2.14. The van der Waals surface area contributed by atoms with Gasteiger partial charge in [-0.25, -0.2) is 13.2 Å². The van der Waals surface area contributed by atoms with Crippen LogP contribution >= 0.6 is 0 Å². The van der Waals surface area contributed by atoms with Crippen LogP contribution in [0.2, 0.25) is 0 Å². The molecule has 92 valence electrons. The molecule has 1 aliphatic heterocycles. The standard InChI is InChI=1S/C11H13NO4S/c1-6-3-7(2)10-8(4-6)12-9(11(13)14)5-17(10,15)16/h3-4,9,12H,5H2,1-2H3,(H,13,14). The van der Waals surface area contributed by atoms with Gasteiger partial charge in [0.1, 0.15) is 6.04 Å². The van der Waals surface area contributed by atoms with Crippen LogP contribution in [0.3, 0.4) is 0 Å². The van der Waals surface area contributed by atoms with E-state index in [0.717, 1.165) is 5.56 Å². The van der Waals surface area contributed by atoms with Gasteiger partial charge in [0.05, 0.1) is 16.3 Å². The van der Waals surface area contributed by atoms with E-state index in [2.05, 4.69) is 5.32 Å². The normalized spacial score (nSPS) is 21.4. The van der Waals surface area contributed by atoms with Crippen molar-refractivity contribution in [2.45, 2.75) is 24.8 Å². The molecule has 17 heavy (non-hydrogen) atoms. The number of rotatable bonds is 1. The summed E-state index contributed by atoms with van der Waals surface area (Å²) in [7, 11) is -3.53. The lowest BCUT2D eigenvalue weighted by molar-refractivity contribution is -0.137. The number of nitrogens with one attached hydrogen (secondary N) is 1. The molecule has 0 bridgehead atoms. The van der Waals surface area contributed by atoms with Gasteiger partial charge in [0.2, 0.25) is 0 Å². The molecule has 1 atom stereocenters. The van der Waals surface area contributed by atoms with E-state index < -0.39 is 27.6 Å². The summed E-state index contributed by atoms with van der Waals surface area (Å²) in [5.41, 5.74) is 1.94. The number of aryl methyl sites for hydroxylation is 2. The Labute approximate surface area is 99.4 Å². The molecule has 0 aliphatic carbocycles. The lowest BCUT2D eigenvalue weighted by Crippen LogP contribution is -2.40. The summed E-state index contributed by atoms with van der Waals surface area (Å²) < 4.78 is 24.0. The van der Waals surface area contributed by atoms with Crippen LogP contribution in [0.5, 0.6) is 0 Å². The van der Waals surface area contributed by atoms with E-state index >= 15 is 0 Å². The smallest absolute Gasteiger partial charge is 0.327 e. The van der Waals surface area contributed by atoms with E-state index in [1.807, 2.05) is 6.92 Å². The van der Waals surface area contributed by atoms with Crippen LogP contribution in [-0.4, -0.2) is 31.3 Å². The summed E-state index contributed by atoms with van der Waals surface area (Å²) in [5, 5.41) is 11.7. The molecular weight excluding hydrogens is 242 g/mol. The summed E-state index contributed by atoms with van der Waals surface area (Å²) in [6, 6.07) is 2.36. The highest BCUT2D eigenvalue weighted by Gasteiger charge is 2.35. The number of aliphatic carboxylic acids is 1. The average Bonchev–Trinajstić information content (AvgIpc) is 2.13. The van der Waals surface area contributed by atoms with Crippen molar-refractivity contribution in [1.29, 1.82) is 0 Å². The highest BCUT2D eigenvalue weighted by molar-refractivity contribution is 7.91. The first-order valence-corrected chi connectivity index (χ1v) is 6.80. The fourth-order valence-corrected chi connectivity index (χ4v) is 3.97. The van der Waals surface area contributed by atoms with Gasteiger partial charge in [0, 0.05) is 0 Å². The number of carboxylic acid groups (broad SMARTS) is 1. The number of carbonyl (C=O) groups is 1. The number of hydrogen-bond acceptors (Lipinski definition) is 4. The van der Waals surface area contributed by atoms with Crippen molar-refractivity contribution in [2.24, 2.45) is 0 Å². The van der Waals surface area contributed by atoms with Gasteiger partial charge in [-0.1, -0.05) is 6.07 Å². The van der Waals surface area contributed by atoms with E-state index in [-0.39, 0.29) is 4.90 Å². The van der Waals surface area contributed by atoms with E-state index in [0.29, 0.717) is 11.3 Å². The summed E-state index contributed by atoms with van der Waals surface area (Å²) in [4.78, 5) is 11.1. The van der Waals surface area contributed by atoms with E-state index in [9.17, 15) is 13.2 Å². The van der Waals surface area contributed by atoms with Crippen LogP contribution in [0.25, 0.3) is 0 Å². The van der Waals surface area contributed by atoms with E-state index in [1.54, 1.807) is 19.1 Å². The Morgan fingerprint density at radius 2 is 2.06 bits per heavy atom. The van der Waals surface area contributed by atoms with Crippen molar-refractivity contribution in [3.63, 3.8) is 0 Å². The SMILES string of the molecule is Cc1cc(C)c2c(c1)NC(C(=O)O)CS2(=O)=O. The van der Waals surface area contributed by atoms with Crippen molar-refractivity contribution in [3.05, 3.63) is 23.3 Å². The molecule has 0 aromatic heterocycles. The Kier molecular flexibility index (Phi) is 2.61. The molecule has 6 heteroatoms. The Hall–Kier alpha value is -1.56. The second-order valence-corrected chi connectivity index (χ2v) is 6.25. The molecule has 0 saturated carbocycles. The van der Waals surface area contributed by atoms with Crippen LogP contribution in [-0.2, 0) is 14.6 Å². The van der Waals surface area contributed by atoms with Crippen molar-refractivity contribution in [2.75, 3.05) is 11.1 Å². The molecule has 0 radical (unpaired) electrons. The second kappa shape index (κ2) is 3.73. The zero-order chi connectivity index (χ0) is 12.8. The first kappa shape index (κ1) is 11.9. The minimum atomic E-state index is -3.53. The van der Waals surface area contributed by atoms with Gasteiger partial charge in [-0.2, -0.15) is 0 Å². The monoisotopic (exact) mass is 255 g/mol. The number of sulfone groups is 1. The van der Waals surface area contributed by atoms with Crippen LogP contribution < -0.4 is 5.32 Å². The molecule has 1 aromatic carbocycles. The molecular formula is C11H13NO4S. The molecule has 2 N–H and O–H groups in total. The molecule has 1 heterocycles. The van der Waals surface area contributed by atoms with Gasteiger partial charge in [-0.3, -0.25) is 0 Å². The van der Waals surface area contributed by atoms with Crippen molar-refractivity contribution >= 4 is 21.5 Å². The van der Waals surface area contributed by atoms with E-state index in [4.69, 9.17) is 5.11 Å². The van der Waals surface area contributed by atoms with E-state index in [1.165, 1.54) is 0 Å². The predicted octanol–water partition coefficient (Wildman–Crippen LogP) is 0.956. The zero-order valence-corrected chi connectivity index (χ0v) is 10.3. The number of anilines is 1. The predicted molar refractivity (Wildman–Crippen MR) is 63.0 cm³/mol. The number of carboxylic acids is 1. The molecule has 1 aliphatic rings. The average molecular weight is 255 g/mol. The highest BCUT2D eigenvalue weighted by atomic mass is 32.2. The third-order valence-corrected chi connectivity index (χ3v) is 4.68. The molecule has 0 fully saturated rings. The summed E-state index contributed by atoms with van der Waals surface area (Å²) in [5.74, 6) is -1.56. The number of fused-ring (bicyclic) bond motifs is 1. The molecule has 2 rings (SSSR count). The van der Waals surface area contributed by atoms with Gasteiger partial charge >= 0.3 is 5.97 Å². The van der Waals surface area contributed by atoms with Crippen molar-refractivity contribution in [3.8, 4) is 0 Å². The van der Waals surface area contributed by atoms with Crippen molar-refractivity contribution in [1.82, 2.24) is 0 Å². The molecule has 5 nitrogen and oxygen atoms in total. The lowest BCUT2D eigenvalue weighted by Gasteiger charge is -2.25. The van der Waals surface area contributed by atoms with Gasteiger partial charge in [0.15, 0.2) is 9.84 Å². The molecule has 0 spiro atoms. The van der Waals surface area contributed by atoms with Crippen molar-refractivity contribution < 1.29 is 18.3 Å². The fraction of sp³-hybridized carbons (Fsp3) is 0.364. The summed E-state index contributed by atoms with van der Waals surface area (Å²) in [6.07, 6.45) is 0. The topological polar surface area (TPSA) is 83.5 Å². The second-order valence-electron chi connectivity index (χ2n) is 4.28. The van der Waals surface area contributed by atoms with Crippen LogP contribution in [0.4, 0.5) is 5.69 Å². The molecule has 0 saturated heterocycles. The van der Waals surface area contributed by atoms with Crippen LogP contribution in [0, 0.1) is 13.8 Å². The van der Waals surface area contributed by atoms with Gasteiger partial charge in [0.25, 0.3) is 0 Å². The molecule has 0 amide bonds. The minimum Gasteiger partial charge on any atom is -0.480 e. The number of hydrogen-bond donors (Lipinski definition) is 2. The Bertz CT molecular complexity index is 592. The largest absolute Gasteiger partial charge is 0.480 e.